The molecule has 1 aromatic carbocycles. The molecule has 0 bridgehead atoms. The van der Waals surface area contributed by atoms with Crippen molar-refractivity contribution in [2.45, 2.75) is 25.7 Å². The van der Waals surface area contributed by atoms with Crippen LogP contribution >= 0.6 is 11.6 Å². The molecule has 2 aromatic rings. The van der Waals surface area contributed by atoms with Crippen LogP contribution in [0.1, 0.15) is 25.7 Å². The molecule has 156 valence electrons. The van der Waals surface area contributed by atoms with Crippen LogP contribution in [0.25, 0.3) is 0 Å². The van der Waals surface area contributed by atoms with Gasteiger partial charge in [-0.05, 0) is 43.9 Å². The molecule has 30 heavy (non-hydrogen) atoms. The van der Waals surface area contributed by atoms with Crippen molar-refractivity contribution in [3.63, 3.8) is 0 Å². The van der Waals surface area contributed by atoms with Gasteiger partial charge in [-0.3, -0.25) is 4.79 Å². The van der Waals surface area contributed by atoms with Crippen molar-refractivity contribution < 1.29 is 4.79 Å². The lowest BCUT2D eigenvalue weighted by molar-refractivity contribution is -0.137. The van der Waals surface area contributed by atoms with Crippen LogP contribution in [-0.2, 0) is 4.79 Å². The van der Waals surface area contributed by atoms with E-state index in [4.69, 9.17) is 16.9 Å². The molecule has 4 rings (SSSR count). The second-order valence-electron chi connectivity index (χ2n) is 7.84. The maximum Gasteiger partial charge on any atom is 0.227 e. The number of likely N-dealkylation sites (tertiary alicyclic amines) is 1. The first kappa shape index (κ1) is 20.4. The molecule has 0 aliphatic carbocycles. The molecule has 1 aromatic heterocycles. The summed E-state index contributed by atoms with van der Waals surface area (Å²) in [5, 5.41) is 12.9. The molecule has 2 aliphatic heterocycles. The standard InChI is InChI=1S/C22H25ClN6O/c23-18-3-1-2-4-19(18)26-20-5-10-25-22(27-20)29-13-8-17(9-14-29)21(30)28-11-6-16(15-24)7-12-28/h1-5,10,16-17H,6-9,11-14H2,(H,25,26,27). The Morgan fingerprint density at radius 1 is 1.10 bits per heavy atom. The number of nitrogens with one attached hydrogen (secondary N) is 1. The van der Waals surface area contributed by atoms with E-state index in [-0.39, 0.29) is 17.7 Å². The molecule has 8 heteroatoms. The van der Waals surface area contributed by atoms with Crippen LogP contribution in [0.4, 0.5) is 17.5 Å². The van der Waals surface area contributed by atoms with E-state index < -0.39 is 0 Å². The predicted molar refractivity (Wildman–Crippen MR) is 117 cm³/mol. The molecule has 0 spiro atoms. The summed E-state index contributed by atoms with van der Waals surface area (Å²) in [5.74, 6) is 1.73. The third-order valence-electron chi connectivity index (χ3n) is 5.90. The maximum atomic E-state index is 12.9. The molecule has 0 saturated carbocycles. The van der Waals surface area contributed by atoms with Crippen molar-refractivity contribution >= 4 is 35.0 Å². The molecule has 1 amide bonds. The molecule has 0 unspecified atom stereocenters. The van der Waals surface area contributed by atoms with Gasteiger partial charge in [0.2, 0.25) is 11.9 Å². The van der Waals surface area contributed by atoms with E-state index in [1.54, 1.807) is 6.20 Å². The normalized spacial score (nSPS) is 18.1. The molecule has 2 fully saturated rings. The zero-order valence-corrected chi connectivity index (χ0v) is 17.6. The summed E-state index contributed by atoms with van der Waals surface area (Å²) in [5.41, 5.74) is 0.799. The van der Waals surface area contributed by atoms with Crippen LogP contribution in [0.15, 0.2) is 36.5 Å². The van der Waals surface area contributed by atoms with Crippen molar-refractivity contribution in [3.05, 3.63) is 41.6 Å². The van der Waals surface area contributed by atoms with Gasteiger partial charge in [-0.15, -0.1) is 0 Å². The Hall–Kier alpha value is -2.85. The molecule has 1 N–H and O–H groups in total. The maximum absolute atomic E-state index is 12.9. The van der Waals surface area contributed by atoms with Gasteiger partial charge in [0.25, 0.3) is 0 Å². The fourth-order valence-corrected chi connectivity index (χ4v) is 4.27. The highest BCUT2D eigenvalue weighted by Crippen LogP contribution is 2.27. The van der Waals surface area contributed by atoms with Gasteiger partial charge in [-0.1, -0.05) is 23.7 Å². The number of hydrogen-bond donors (Lipinski definition) is 1. The van der Waals surface area contributed by atoms with E-state index in [1.807, 2.05) is 35.2 Å². The average molecular weight is 425 g/mol. The summed E-state index contributed by atoms with van der Waals surface area (Å²) in [6.07, 6.45) is 4.91. The first-order chi connectivity index (χ1) is 14.6. The Bertz CT molecular complexity index is 929. The van der Waals surface area contributed by atoms with Crippen LogP contribution < -0.4 is 10.2 Å². The SMILES string of the molecule is N#CC1CCN(C(=O)C2CCN(c3nccc(Nc4ccccc4Cl)n3)CC2)CC1. The molecular formula is C22H25ClN6O. The molecule has 7 nitrogen and oxygen atoms in total. The number of aromatic nitrogens is 2. The minimum atomic E-state index is 0.0457. The second kappa shape index (κ2) is 9.31. The first-order valence-electron chi connectivity index (χ1n) is 10.4. The van der Waals surface area contributed by atoms with Crippen molar-refractivity contribution in [2.24, 2.45) is 11.8 Å². The zero-order chi connectivity index (χ0) is 20.9. The van der Waals surface area contributed by atoms with E-state index >= 15 is 0 Å². The Morgan fingerprint density at radius 3 is 2.53 bits per heavy atom. The molecular weight excluding hydrogens is 400 g/mol. The number of rotatable bonds is 4. The quantitative estimate of drug-likeness (QED) is 0.802. The van der Waals surface area contributed by atoms with E-state index in [2.05, 4.69) is 26.3 Å². The minimum Gasteiger partial charge on any atom is -0.342 e. The summed E-state index contributed by atoms with van der Waals surface area (Å²) < 4.78 is 0. The Kier molecular flexibility index (Phi) is 6.34. The highest BCUT2D eigenvalue weighted by atomic mass is 35.5. The smallest absolute Gasteiger partial charge is 0.227 e. The number of nitrogens with zero attached hydrogens (tertiary/aromatic N) is 5. The molecule has 3 heterocycles. The number of amides is 1. The number of anilines is 3. The Morgan fingerprint density at radius 2 is 1.83 bits per heavy atom. The first-order valence-corrected chi connectivity index (χ1v) is 10.8. The summed E-state index contributed by atoms with van der Waals surface area (Å²) >= 11 is 6.22. The van der Waals surface area contributed by atoms with Crippen molar-refractivity contribution in [3.8, 4) is 6.07 Å². The van der Waals surface area contributed by atoms with Crippen LogP contribution in [0.3, 0.4) is 0 Å². The van der Waals surface area contributed by atoms with Crippen LogP contribution in [-0.4, -0.2) is 47.0 Å². The lowest BCUT2D eigenvalue weighted by Gasteiger charge is -2.36. The zero-order valence-electron chi connectivity index (χ0n) is 16.8. The van der Waals surface area contributed by atoms with Crippen molar-refractivity contribution in [1.29, 1.82) is 5.26 Å². The highest BCUT2D eigenvalue weighted by Gasteiger charge is 2.31. The number of carbonyl (C=O) groups is 1. The van der Waals surface area contributed by atoms with E-state index in [9.17, 15) is 4.79 Å². The predicted octanol–water partition coefficient (Wildman–Crippen LogP) is 3.85. The summed E-state index contributed by atoms with van der Waals surface area (Å²) in [4.78, 5) is 26.0. The number of halogens is 1. The average Bonchev–Trinajstić information content (AvgIpc) is 2.80. The topological polar surface area (TPSA) is 85.2 Å². The van der Waals surface area contributed by atoms with Crippen LogP contribution in [0, 0.1) is 23.2 Å². The van der Waals surface area contributed by atoms with E-state index in [0.29, 0.717) is 29.9 Å². The highest BCUT2D eigenvalue weighted by molar-refractivity contribution is 6.33. The largest absolute Gasteiger partial charge is 0.342 e. The van der Waals surface area contributed by atoms with Gasteiger partial charge in [-0.2, -0.15) is 10.2 Å². The number of nitriles is 1. The summed E-state index contributed by atoms with van der Waals surface area (Å²) in [6, 6.07) is 11.7. The fraction of sp³-hybridized carbons (Fsp3) is 0.455. The van der Waals surface area contributed by atoms with Gasteiger partial charge in [0.15, 0.2) is 0 Å². The fourth-order valence-electron chi connectivity index (χ4n) is 4.08. The molecule has 2 saturated heterocycles. The van der Waals surface area contributed by atoms with Crippen LogP contribution in [0.2, 0.25) is 5.02 Å². The van der Waals surface area contributed by atoms with Crippen molar-refractivity contribution in [1.82, 2.24) is 14.9 Å². The van der Waals surface area contributed by atoms with E-state index in [0.717, 1.165) is 44.5 Å². The number of benzene rings is 1. The Labute approximate surface area is 181 Å². The monoisotopic (exact) mass is 424 g/mol. The number of carbonyl (C=O) groups excluding carboxylic acids is 1. The van der Waals surface area contributed by atoms with E-state index in [1.165, 1.54) is 0 Å². The van der Waals surface area contributed by atoms with Gasteiger partial charge < -0.3 is 15.1 Å². The lowest BCUT2D eigenvalue weighted by Crippen LogP contribution is -2.45. The minimum absolute atomic E-state index is 0.0457. The lowest BCUT2D eigenvalue weighted by atomic mass is 9.92. The Balaban J connectivity index is 1.34. The van der Waals surface area contributed by atoms with Gasteiger partial charge >= 0.3 is 0 Å². The molecule has 0 radical (unpaired) electrons. The second-order valence-corrected chi connectivity index (χ2v) is 8.24. The van der Waals surface area contributed by atoms with Gasteiger partial charge in [0.1, 0.15) is 5.82 Å². The van der Waals surface area contributed by atoms with Gasteiger partial charge in [0, 0.05) is 44.2 Å². The summed E-state index contributed by atoms with van der Waals surface area (Å²) in [7, 11) is 0. The number of piperidine rings is 2. The van der Waals surface area contributed by atoms with Gasteiger partial charge in [0.05, 0.1) is 16.8 Å². The number of hydrogen-bond acceptors (Lipinski definition) is 6. The molecule has 0 atom stereocenters. The summed E-state index contributed by atoms with van der Waals surface area (Å²) in [6.45, 7) is 2.91. The molecule has 2 aliphatic rings. The van der Waals surface area contributed by atoms with Crippen molar-refractivity contribution in [2.75, 3.05) is 36.4 Å². The third kappa shape index (κ3) is 4.65. The number of para-hydroxylation sites is 1. The third-order valence-corrected chi connectivity index (χ3v) is 6.23. The van der Waals surface area contributed by atoms with Gasteiger partial charge in [-0.25, -0.2) is 4.98 Å². The van der Waals surface area contributed by atoms with Crippen LogP contribution in [0.5, 0.6) is 0 Å².